The molecule has 7 heteroatoms. The van der Waals surface area contributed by atoms with Gasteiger partial charge in [-0.25, -0.2) is 9.97 Å². The van der Waals surface area contributed by atoms with Crippen molar-refractivity contribution in [2.75, 3.05) is 63.7 Å². The Morgan fingerprint density at radius 3 is 3.08 bits per heavy atom. The van der Waals surface area contributed by atoms with Gasteiger partial charge < -0.3 is 19.7 Å². The van der Waals surface area contributed by atoms with Crippen LogP contribution in [0.1, 0.15) is 19.8 Å². The van der Waals surface area contributed by atoms with Crippen LogP contribution in [0.5, 0.6) is 0 Å². The number of nitrogens with one attached hydrogen (secondary N) is 1. The van der Waals surface area contributed by atoms with E-state index in [-0.39, 0.29) is 11.7 Å². The van der Waals surface area contributed by atoms with Crippen LogP contribution in [0.4, 0.5) is 11.6 Å². The molecule has 0 aliphatic carbocycles. The van der Waals surface area contributed by atoms with Gasteiger partial charge in [0.15, 0.2) is 0 Å². The van der Waals surface area contributed by atoms with E-state index in [9.17, 15) is 0 Å². The molecule has 0 amide bonds. The first-order valence-electron chi connectivity index (χ1n) is 8.81. The molecule has 24 heavy (non-hydrogen) atoms. The Labute approximate surface area is 144 Å². The summed E-state index contributed by atoms with van der Waals surface area (Å²) in [6, 6.07) is 1.96. The number of likely N-dealkylation sites (N-methyl/N-ethyl adjacent to an activating group) is 1. The number of anilines is 2. The number of aromatic nitrogens is 2. The van der Waals surface area contributed by atoms with Crippen molar-refractivity contribution in [1.82, 2.24) is 14.9 Å². The fourth-order valence-corrected chi connectivity index (χ4v) is 3.42. The number of nitrogens with zero attached hydrogens (tertiary/aromatic N) is 4. The second kappa shape index (κ2) is 7.63. The largest absolute Gasteiger partial charge is 0.377 e. The summed E-state index contributed by atoms with van der Waals surface area (Å²) in [5.74, 6) is 1.73. The molecule has 0 aromatic carbocycles. The van der Waals surface area contributed by atoms with E-state index in [1.807, 2.05) is 25.1 Å². The Bertz CT molecular complexity index is 541. The fraction of sp³-hybridized carbons (Fsp3) is 0.765. The molecule has 134 valence electrons. The Kier molecular flexibility index (Phi) is 5.53. The van der Waals surface area contributed by atoms with Gasteiger partial charge in [0.2, 0.25) is 0 Å². The van der Waals surface area contributed by atoms with Crippen LogP contribution in [0, 0.1) is 0 Å². The van der Waals surface area contributed by atoms with Crippen LogP contribution >= 0.6 is 0 Å². The van der Waals surface area contributed by atoms with Gasteiger partial charge in [-0.2, -0.15) is 0 Å². The second-order valence-electron chi connectivity index (χ2n) is 6.92. The van der Waals surface area contributed by atoms with E-state index in [4.69, 9.17) is 9.47 Å². The zero-order chi connectivity index (χ0) is 17.0. The van der Waals surface area contributed by atoms with E-state index in [0.717, 1.165) is 57.3 Å². The molecule has 2 saturated heterocycles. The van der Waals surface area contributed by atoms with E-state index in [1.54, 1.807) is 6.33 Å². The maximum atomic E-state index is 6.42. The zero-order valence-corrected chi connectivity index (χ0v) is 15.0. The third kappa shape index (κ3) is 4.15. The lowest BCUT2D eigenvalue weighted by Gasteiger charge is -2.31. The van der Waals surface area contributed by atoms with Crippen molar-refractivity contribution in [1.29, 1.82) is 0 Å². The quantitative estimate of drug-likeness (QED) is 0.868. The summed E-state index contributed by atoms with van der Waals surface area (Å²) >= 11 is 0. The maximum Gasteiger partial charge on any atom is 0.133 e. The molecular formula is C17H29N5O2. The zero-order valence-electron chi connectivity index (χ0n) is 15.0. The van der Waals surface area contributed by atoms with Crippen molar-refractivity contribution in [3.8, 4) is 0 Å². The fourth-order valence-electron chi connectivity index (χ4n) is 3.42. The van der Waals surface area contributed by atoms with E-state index in [2.05, 4.69) is 27.1 Å². The van der Waals surface area contributed by atoms with Gasteiger partial charge in [-0.1, -0.05) is 6.92 Å². The van der Waals surface area contributed by atoms with Crippen LogP contribution in [0.25, 0.3) is 0 Å². The van der Waals surface area contributed by atoms with Crippen LogP contribution in [-0.4, -0.2) is 80.1 Å². The molecule has 0 saturated carbocycles. The van der Waals surface area contributed by atoms with Crippen molar-refractivity contribution in [2.24, 2.45) is 0 Å². The molecule has 7 nitrogen and oxygen atoms in total. The predicted octanol–water partition coefficient (Wildman–Crippen LogP) is 1.22. The molecule has 1 aromatic rings. The first-order valence-corrected chi connectivity index (χ1v) is 8.81. The second-order valence-corrected chi connectivity index (χ2v) is 6.92. The Morgan fingerprint density at radius 2 is 2.29 bits per heavy atom. The van der Waals surface area contributed by atoms with Crippen molar-refractivity contribution < 1.29 is 9.47 Å². The van der Waals surface area contributed by atoms with Gasteiger partial charge in [0.05, 0.1) is 19.3 Å². The van der Waals surface area contributed by atoms with E-state index >= 15 is 0 Å². The third-order valence-electron chi connectivity index (χ3n) is 4.84. The van der Waals surface area contributed by atoms with Gasteiger partial charge >= 0.3 is 0 Å². The van der Waals surface area contributed by atoms with E-state index in [0.29, 0.717) is 6.61 Å². The number of ether oxygens (including phenoxy) is 2. The van der Waals surface area contributed by atoms with Crippen molar-refractivity contribution in [3.63, 3.8) is 0 Å². The van der Waals surface area contributed by atoms with E-state index < -0.39 is 0 Å². The molecule has 2 aliphatic rings. The highest BCUT2D eigenvalue weighted by atomic mass is 16.6. The van der Waals surface area contributed by atoms with Crippen LogP contribution in [-0.2, 0) is 9.47 Å². The highest BCUT2D eigenvalue weighted by Crippen LogP contribution is 2.33. The molecule has 2 atom stereocenters. The normalized spacial score (nSPS) is 28.0. The molecule has 2 fully saturated rings. The highest BCUT2D eigenvalue weighted by Gasteiger charge is 2.42. The summed E-state index contributed by atoms with van der Waals surface area (Å²) in [7, 11) is 3.95. The molecule has 1 aromatic heterocycles. The maximum absolute atomic E-state index is 6.42. The summed E-state index contributed by atoms with van der Waals surface area (Å²) < 4.78 is 12.2. The van der Waals surface area contributed by atoms with Crippen LogP contribution in [0.3, 0.4) is 0 Å². The molecule has 3 rings (SSSR count). The molecule has 1 spiro atoms. The Morgan fingerprint density at radius 1 is 1.42 bits per heavy atom. The first-order chi connectivity index (χ1) is 11.6. The van der Waals surface area contributed by atoms with Crippen LogP contribution < -0.4 is 10.2 Å². The van der Waals surface area contributed by atoms with Gasteiger partial charge in [0.25, 0.3) is 0 Å². The van der Waals surface area contributed by atoms with Gasteiger partial charge in [0.1, 0.15) is 23.6 Å². The standard InChI is InChI=1S/C17H29N5O2/c1-4-22-7-8-23-12-17(11-22)6-5-14(24-17)10-18-15-9-16(21(2)3)20-13-19-15/h9,13-14H,4-8,10-12H2,1-3H3,(H,18,19,20)/t14-,17-/m0/s1. The summed E-state index contributed by atoms with van der Waals surface area (Å²) in [4.78, 5) is 12.9. The lowest BCUT2D eigenvalue weighted by molar-refractivity contribution is -0.0818. The highest BCUT2D eigenvalue weighted by molar-refractivity contribution is 5.47. The monoisotopic (exact) mass is 335 g/mol. The SMILES string of the molecule is CCN1CCOC[C@]2(CC[C@@H](CNc3cc(N(C)C)ncn3)O2)C1. The lowest BCUT2D eigenvalue weighted by Crippen LogP contribution is -2.44. The van der Waals surface area contributed by atoms with Gasteiger partial charge in [-0.3, -0.25) is 4.90 Å². The van der Waals surface area contributed by atoms with Crippen molar-refractivity contribution >= 4 is 11.6 Å². The lowest BCUT2D eigenvalue weighted by atomic mass is 10.00. The summed E-state index contributed by atoms with van der Waals surface area (Å²) in [6.07, 6.45) is 3.90. The molecule has 0 radical (unpaired) electrons. The number of hydrogen-bond acceptors (Lipinski definition) is 7. The van der Waals surface area contributed by atoms with Gasteiger partial charge in [-0.05, 0) is 19.4 Å². The molecule has 1 N–H and O–H groups in total. The Balaban J connectivity index is 1.55. The minimum absolute atomic E-state index is 0.140. The van der Waals surface area contributed by atoms with Crippen molar-refractivity contribution in [2.45, 2.75) is 31.5 Å². The molecule has 2 aliphatic heterocycles. The topological polar surface area (TPSA) is 62.8 Å². The van der Waals surface area contributed by atoms with Crippen molar-refractivity contribution in [3.05, 3.63) is 12.4 Å². The van der Waals surface area contributed by atoms with E-state index in [1.165, 1.54) is 0 Å². The summed E-state index contributed by atoms with van der Waals surface area (Å²) in [5.41, 5.74) is -0.140. The van der Waals surface area contributed by atoms with Crippen LogP contribution in [0.15, 0.2) is 12.4 Å². The average molecular weight is 335 g/mol. The molecule has 3 heterocycles. The smallest absolute Gasteiger partial charge is 0.133 e. The molecule has 0 bridgehead atoms. The number of hydrogen-bond donors (Lipinski definition) is 1. The first kappa shape index (κ1) is 17.4. The average Bonchev–Trinajstić information content (AvgIpc) is 2.87. The summed E-state index contributed by atoms with van der Waals surface area (Å²) in [5, 5.41) is 3.39. The van der Waals surface area contributed by atoms with Crippen LogP contribution in [0.2, 0.25) is 0 Å². The predicted molar refractivity (Wildman–Crippen MR) is 94.6 cm³/mol. The van der Waals surface area contributed by atoms with Gasteiger partial charge in [-0.15, -0.1) is 0 Å². The third-order valence-corrected chi connectivity index (χ3v) is 4.84. The molecule has 0 unspecified atom stereocenters. The Hall–Kier alpha value is -1.44. The molecular weight excluding hydrogens is 306 g/mol. The number of rotatable bonds is 5. The minimum atomic E-state index is -0.140. The van der Waals surface area contributed by atoms with Gasteiger partial charge in [0, 0.05) is 39.8 Å². The minimum Gasteiger partial charge on any atom is -0.377 e. The summed E-state index contributed by atoms with van der Waals surface area (Å²) in [6.45, 7) is 7.49.